The number of carbonyl (C=O) groups excluding carboxylic acids is 1. The third-order valence-electron chi connectivity index (χ3n) is 5.78. The van der Waals surface area contributed by atoms with Crippen LogP contribution in [0.5, 0.6) is 0 Å². The van der Waals surface area contributed by atoms with Crippen molar-refractivity contribution in [1.29, 1.82) is 0 Å². The van der Waals surface area contributed by atoms with Crippen molar-refractivity contribution in [3.8, 4) is 11.1 Å². The van der Waals surface area contributed by atoms with Gasteiger partial charge in [-0.3, -0.25) is 9.78 Å². The number of anilines is 3. The summed E-state index contributed by atoms with van der Waals surface area (Å²) in [5, 5.41) is 17.2. The molecule has 3 aromatic heterocycles. The van der Waals surface area contributed by atoms with E-state index in [0.29, 0.717) is 17.4 Å². The number of aliphatic hydroxyl groups excluding tert-OH is 1. The maximum Gasteiger partial charge on any atom is 0.250 e. The number of hydrogen-bond acceptors (Lipinski definition) is 8. The fourth-order valence-electron chi connectivity index (χ4n) is 4.01. The van der Waals surface area contributed by atoms with E-state index in [0.717, 1.165) is 58.0 Å². The van der Waals surface area contributed by atoms with Crippen molar-refractivity contribution in [3.05, 3.63) is 60.4 Å². The lowest BCUT2D eigenvalue weighted by Crippen LogP contribution is -2.28. The lowest BCUT2D eigenvalue weighted by Gasteiger charge is -2.26. The Hall–Kier alpha value is -3.56. The van der Waals surface area contributed by atoms with Crippen LogP contribution in [0, 0.1) is 0 Å². The molecule has 0 spiro atoms. The van der Waals surface area contributed by atoms with Crippen molar-refractivity contribution >= 4 is 44.2 Å². The molecule has 8 nitrogen and oxygen atoms in total. The van der Waals surface area contributed by atoms with Gasteiger partial charge in [0.15, 0.2) is 5.13 Å². The molecule has 1 fully saturated rings. The summed E-state index contributed by atoms with van der Waals surface area (Å²) in [6.45, 7) is 0. The van der Waals surface area contributed by atoms with Crippen molar-refractivity contribution in [1.82, 2.24) is 15.0 Å². The Morgan fingerprint density at radius 2 is 1.82 bits per heavy atom. The van der Waals surface area contributed by atoms with E-state index >= 15 is 0 Å². The van der Waals surface area contributed by atoms with Gasteiger partial charge in [-0.25, -0.2) is 9.97 Å². The van der Waals surface area contributed by atoms with Crippen LogP contribution in [0.25, 0.3) is 21.3 Å². The fraction of sp³-hybridized carbons (Fsp3) is 0.250. The van der Waals surface area contributed by atoms with Gasteiger partial charge >= 0.3 is 0 Å². The van der Waals surface area contributed by atoms with Crippen molar-refractivity contribution in [2.75, 3.05) is 10.6 Å². The summed E-state index contributed by atoms with van der Waals surface area (Å²) < 4.78 is 1.01. The molecule has 1 aliphatic carbocycles. The molecule has 1 aromatic carbocycles. The number of fused-ring (bicyclic) bond motifs is 1. The molecule has 0 saturated heterocycles. The molecule has 4 aromatic rings. The Bertz CT molecular complexity index is 1300. The molecule has 0 unspecified atom stereocenters. The number of rotatable bonds is 6. The van der Waals surface area contributed by atoms with Crippen molar-refractivity contribution in [2.24, 2.45) is 5.73 Å². The number of nitrogens with zero attached hydrogens (tertiary/aromatic N) is 3. The molecular weight excluding hydrogens is 436 g/mol. The number of nitrogens with two attached hydrogens (primary N) is 1. The average molecular weight is 461 g/mol. The fourth-order valence-corrected chi connectivity index (χ4v) is 4.93. The first-order valence-corrected chi connectivity index (χ1v) is 11.7. The van der Waals surface area contributed by atoms with E-state index in [9.17, 15) is 9.90 Å². The maximum atomic E-state index is 11.5. The number of hydrogen-bond donors (Lipinski definition) is 4. The highest BCUT2D eigenvalue weighted by Gasteiger charge is 2.19. The van der Waals surface area contributed by atoms with E-state index in [1.807, 2.05) is 36.4 Å². The van der Waals surface area contributed by atoms with Crippen LogP contribution >= 0.6 is 11.3 Å². The Labute approximate surface area is 194 Å². The molecule has 1 saturated carbocycles. The van der Waals surface area contributed by atoms with E-state index in [-0.39, 0.29) is 6.10 Å². The van der Waals surface area contributed by atoms with Gasteiger partial charge in [0.2, 0.25) is 5.91 Å². The van der Waals surface area contributed by atoms with E-state index in [1.165, 1.54) is 17.5 Å². The van der Waals surface area contributed by atoms with Crippen LogP contribution < -0.4 is 16.4 Å². The number of aliphatic hydroxyl groups is 1. The zero-order valence-electron chi connectivity index (χ0n) is 17.9. The molecule has 168 valence electrons. The maximum absolute atomic E-state index is 11.5. The van der Waals surface area contributed by atoms with Crippen molar-refractivity contribution in [3.63, 3.8) is 0 Å². The lowest BCUT2D eigenvalue weighted by atomic mass is 9.93. The Balaban J connectivity index is 1.33. The van der Waals surface area contributed by atoms with Gasteiger partial charge in [-0.15, -0.1) is 0 Å². The van der Waals surface area contributed by atoms with E-state index < -0.39 is 5.91 Å². The smallest absolute Gasteiger partial charge is 0.250 e. The van der Waals surface area contributed by atoms with E-state index in [2.05, 4.69) is 25.6 Å². The summed E-state index contributed by atoms with van der Waals surface area (Å²) in [6.07, 6.45) is 6.54. The summed E-state index contributed by atoms with van der Waals surface area (Å²) in [5.74, 6) is 1.03. The molecule has 33 heavy (non-hydrogen) atoms. The van der Waals surface area contributed by atoms with Gasteiger partial charge in [0.1, 0.15) is 11.6 Å². The standard InChI is InChI=1S/C24H24N6O2S/c25-23(32)16-10-15(12-26-13-16)14-4-9-19-20(11-14)33-24(28-19)30-22-3-1-2-21(29-22)27-17-5-7-18(31)8-6-17/h1-4,9-13,17-18,31H,5-8H2,(H2,25,32)(H2,27,28,29,30)/t17-,18-. The second-order valence-electron chi connectivity index (χ2n) is 8.21. The van der Waals surface area contributed by atoms with Crippen LogP contribution in [-0.4, -0.2) is 38.1 Å². The molecule has 0 aliphatic heterocycles. The minimum atomic E-state index is -0.500. The van der Waals surface area contributed by atoms with Gasteiger partial charge in [0.05, 0.1) is 21.9 Å². The lowest BCUT2D eigenvalue weighted by molar-refractivity contribution is 0.1000. The molecule has 0 atom stereocenters. The van der Waals surface area contributed by atoms with Gasteiger partial charge in [-0.05, 0) is 61.6 Å². The largest absolute Gasteiger partial charge is 0.393 e. The van der Waals surface area contributed by atoms with E-state index in [1.54, 1.807) is 12.3 Å². The third kappa shape index (κ3) is 4.94. The number of thiazole rings is 1. The molecule has 5 N–H and O–H groups in total. The first kappa shape index (κ1) is 21.3. The van der Waals surface area contributed by atoms with Crippen molar-refractivity contribution < 1.29 is 9.90 Å². The number of nitrogens with one attached hydrogen (secondary N) is 2. The molecule has 0 bridgehead atoms. The van der Waals surface area contributed by atoms with Gasteiger partial charge < -0.3 is 21.5 Å². The number of carbonyl (C=O) groups is 1. The molecule has 5 rings (SSSR count). The van der Waals surface area contributed by atoms with Crippen LogP contribution in [0.2, 0.25) is 0 Å². The predicted molar refractivity (Wildman–Crippen MR) is 131 cm³/mol. The zero-order valence-corrected chi connectivity index (χ0v) is 18.7. The van der Waals surface area contributed by atoms with Gasteiger partial charge in [0.25, 0.3) is 0 Å². The first-order chi connectivity index (χ1) is 16.0. The Kier molecular flexibility index (Phi) is 5.89. The van der Waals surface area contributed by atoms with Crippen LogP contribution in [0.3, 0.4) is 0 Å². The number of benzene rings is 1. The van der Waals surface area contributed by atoms with E-state index in [4.69, 9.17) is 5.73 Å². The zero-order chi connectivity index (χ0) is 22.8. The van der Waals surface area contributed by atoms with Crippen LogP contribution in [0.1, 0.15) is 36.0 Å². The van der Waals surface area contributed by atoms with Gasteiger partial charge in [-0.2, -0.15) is 0 Å². The second-order valence-corrected chi connectivity index (χ2v) is 9.24. The second kappa shape index (κ2) is 9.13. The normalized spacial score (nSPS) is 18.2. The monoisotopic (exact) mass is 460 g/mol. The highest BCUT2D eigenvalue weighted by atomic mass is 32.1. The Morgan fingerprint density at radius 3 is 2.64 bits per heavy atom. The third-order valence-corrected chi connectivity index (χ3v) is 6.71. The molecule has 1 amide bonds. The minimum Gasteiger partial charge on any atom is -0.393 e. The molecule has 0 radical (unpaired) electrons. The van der Waals surface area contributed by atoms with Crippen LogP contribution in [0.15, 0.2) is 54.9 Å². The average Bonchev–Trinajstić information content (AvgIpc) is 3.22. The molecule has 9 heteroatoms. The quantitative estimate of drug-likeness (QED) is 0.338. The van der Waals surface area contributed by atoms with Crippen LogP contribution in [-0.2, 0) is 0 Å². The molecule has 3 heterocycles. The number of aromatic nitrogens is 3. The number of pyridine rings is 2. The van der Waals surface area contributed by atoms with Crippen molar-refractivity contribution in [2.45, 2.75) is 37.8 Å². The molecule has 1 aliphatic rings. The Morgan fingerprint density at radius 1 is 1.00 bits per heavy atom. The summed E-state index contributed by atoms with van der Waals surface area (Å²) in [6, 6.07) is 13.8. The van der Waals surface area contributed by atoms with Crippen LogP contribution in [0.4, 0.5) is 16.8 Å². The molecular formula is C24H24N6O2S. The minimum absolute atomic E-state index is 0.174. The van der Waals surface area contributed by atoms with Gasteiger partial charge in [0, 0.05) is 24.0 Å². The first-order valence-electron chi connectivity index (χ1n) is 10.9. The summed E-state index contributed by atoms with van der Waals surface area (Å²) in [5.41, 5.74) is 8.40. The highest BCUT2D eigenvalue weighted by Crippen LogP contribution is 2.32. The predicted octanol–water partition coefficient (Wildman–Crippen LogP) is 4.31. The summed E-state index contributed by atoms with van der Waals surface area (Å²) in [7, 11) is 0. The number of amides is 1. The SMILES string of the molecule is NC(=O)c1cncc(-c2ccc3nc(Nc4cccc(N[C@H]5CC[C@H](O)CC5)n4)sc3c2)c1. The highest BCUT2D eigenvalue weighted by molar-refractivity contribution is 7.22. The number of primary amides is 1. The topological polar surface area (TPSA) is 126 Å². The summed E-state index contributed by atoms with van der Waals surface area (Å²) in [4.78, 5) is 24.9. The van der Waals surface area contributed by atoms with Gasteiger partial charge in [-0.1, -0.05) is 23.5 Å². The summed E-state index contributed by atoms with van der Waals surface area (Å²) >= 11 is 1.53.